The van der Waals surface area contributed by atoms with Crippen LogP contribution >= 0.6 is 0 Å². The van der Waals surface area contributed by atoms with Crippen molar-refractivity contribution in [2.75, 3.05) is 25.7 Å². The fourth-order valence-corrected chi connectivity index (χ4v) is 4.65. The van der Waals surface area contributed by atoms with Crippen LogP contribution in [0.5, 0.6) is 11.5 Å². The molecule has 9 nitrogen and oxygen atoms in total. The first kappa shape index (κ1) is 19.7. The Morgan fingerprint density at radius 1 is 1.35 bits per heavy atom. The zero-order valence-electron chi connectivity index (χ0n) is 14.4. The topological polar surface area (TPSA) is 131 Å². The van der Waals surface area contributed by atoms with Gasteiger partial charge >= 0.3 is 5.97 Å². The summed E-state index contributed by atoms with van der Waals surface area (Å²) in [6, 6.07) is 3.00. The van der Waals surface area contributed by atoms with Crippen molar-refractivity contribution in [3.8, 4) is 11.5 Å². The van der Waals surface area contributed by atoms with E-state index in [1.54, 1.807) is 0 Å². The van der Waals surface area contributed by atoms with E-state index >= 15 is 0 Å². The molecule has 2 rings (SSSR count). The predicted molar refractivity (Wildman–Crippen MR) is 93.6 cm³/mol. The maximum absolute atomic E-state index is 11.9. The molecule has 10 heteroatoms. The maximum Gasteiger partial charge on any atom is 0.340 e. The van der Waals surface area contributed by atoms with E-state index in [2.05, 4.69) is 10.5 Å². The highest BCUT2D eigenvalue weighted by Gasteiger charge is 2.29. The molecule has 1 aliphatic rings. The number of aromatic carboxylic acids is 1. The van der Waals surface area contributed by atoms with Crippen LogP contribution in [0.1, 0.15) is 28.8 Å². The summed E-state index contributed by atoms with van der Waals surface area (Å²) in [6.45, 7) is 0. The number of nitrogens with one attached hydrogen (secondary N) is 1. The summed E-state index contributed by atoms with van der Waals surface area (Å²) in [7, 11) is -0.332. The maximum atomic E-state index is 11.9. The Bertz CT molecular complexity index is 833. The van der Waals surface area contributed by atoms with Crippen molar-refractivity contribution in [2.24, 2.45) is 11.0 Å². The van der Waals surface area contributed by atoms with Gasteiger partial charge in [0.1, 0.15) is 5.56 Å². The van der Waals surface area contributed by atoms with Crippen molar-refractivity contribution >= 4 is 27.9 Å². The second kappa shape index (κ2) is 8.17. The van der Waals surface area contributed by atoms with Crippen LogP contribution in [-0.2, 0) is 14.6 Å². The fraction of sp³-hybridized carbons (Fsp3) is 0.438. The number of hydrogen-bond acceptors (Lipinski definition) is 7. The van der Waals surface area contributed by atoms with E-state index in [4.69, 9.17) is 9.47 Å². The molecule has 0 spiro atoms. The molecule has 1 saturated heterocycles. The highest BCUT2D eigenvalue weighted by atomic mass is 32.2. The van der Waals surface area contributed by atoms with Crippen LogP contribution in [0.3, 0.4) is 0 Å². The van der Waals surface area contributed by atoms with E-state index in [0.717, 1.165) is 0 Å². The molecule has 1 fully saturated rings. The van der Waals surface area contributed by atoms with Crippen molar-refractivity contribution in [2.45, 2.75) is 12.8 Å². The van der Waals surface area contributed by atoms with Crippen LogP contribution in [0, 0.1) is 5.92 Å². The van der Waals surface area contributed by atoms with Gasteiger partial charge < -0.3 is 14.6 Å². The largest absolute Gasteiger partial charge is 0.493 e. The van der Waals surface area contributed by atoms with E-state index < -0.39 is 21.7 Å². The first-order valence-corrected chi connectivity index (χ1v) is 9.60. The fourth-order valence-electron chi connectivity index (χ4n) is 2.78. The number of carbonyl (C=O) groups is 2. The Balaban J connectivity index is 2.08. The number of amides is 1. The molecule has 26 heavy (non-hydrogen) atoms. The van der Waals surface area contributed by atoms with E-state index in [0.29, 0.717) is 6.42 Å². The minimum absolute atomic E-state index is 0.00295. The molecule has 0 radical (unpaired) electrons. The molecule has 1 atom stereocenters. The van der Waals surface area contributed by atoms with Gasteiger partial charge in [-0.2, -0.15) is 5.10 Å². The molecule has 0 unspecified atom stereocenters. The standard InChI is InChI=1S/C16H20N2O7S/c1-24-12-4-3-11(14(16(20)21)15(12)25-2)8-17-18-13(19)7-10-5-6-26(22,23)9-10/h3-4,8,10H,5-7,9H2,1-2H3,(H,18,19)(H,20,21)/b17-8-/t10-/m1/s1. The van der Waals surface area contributed by atoms with Crippen molar-refractivity contribution in [3.05, 3.63) is 23.3 Å². The van der Waals surface area contributed by atoms with E-state index in [1.165, 1.54) is 32.6 Å². The molecule has 1 amide bonds. The molecule has 142 valence electrons. The number of benzene rings is 1. The van der Waals surface area contributed by atoms with Gasteiger partial charge in [-0.15, -0.1) is 0 Å². The summed E-state index contributed by atoms with van der Waals surface area (Å²) in [5.74, 6) is -1.47. The molecule has 0 aromatic heterocycles. The first-order valence-electron chi connectivity index (χ1n) is 7.78. The van der Waals surface area contributed by atoms with Gasteiger partial charge in [-0.05, 0) is 24.5 Å². The Morgan fingerprint density at radius 3 is 2.62 bits per heavy atom. The smallest absolute Gasteiger partial charge is 0.340 e. The minimum atomic E-state index is -3.04. The summed E-state index contributed by atoms with van der Waals surface area (Å²) in [6.07, 6.45) is 1.70. The Kier molecular flexibility index (Phi) is 6.19. The summed E-state index contributed by atoms with van der Waals surface area (Å²) in [5.41, 5.74) is 2.36. The zero-order chi connectivity index (χ0) is 19.3. The zero-order valence-corrected chi connectivity index (χ0v) is 15.2. The third kappa shape index (κ3) is 4.72. The average Bonchev–Trinajstić information content (AvgIpc) is 2.92. The van der Waals surface area contributed by atoms with Crippen LogP contribution in [0.15, 0.2) is 17.2 Å². The lowest BCUT2D eigenvalue weighted by Crippen LogP contribution is -2.21. The number of carboxylic acid groups (broad SMARTS) is 1. The number of rotatable bonds is 7. The third-order valence-electron chi connectivity index (χ3n) is 3.99. The van der Waals surface area contributed by atoms with Gasteiger partial charge in [-0.3, -0.25) is 4.79 Å². The van der Waals surface area contributed by atoms with Gasteiger partial charge in [0, 0.05) is 12.0 Å². The van der Waals surface area contributed by atoms with Crippen LogP contribution in [0.4, 0.5) is 0 Å². The highest BCUT2D eigenvalue weighted by Crippen LogP contribution is 2.32. The van der Waals surface area contributed by atoms with Crippen molar-refractivity contribution in [1.29, 1.82) is 0 Å². The number of carbonyl (C=O) groups excluding carboxylic acids is 1. The highest BCUT2D eigenvalue weighted by molar-refractivity contribution is 7.91. The number of hydrogen-bond donors (Lipinski definition) is 2. The monoisotopic (exact) mass is 384 g/mol. The Hall–Kier alpha value is -2.62. The molecule has 1 aromatic carbocycles. The second-order valence-corrected chi connectivity index (χ2v) is 8.07. The first-order chi connectivity index (χ1) is 12.3. The van der Waals surface area contributed by atoms with Crippen molar-refractivity contribution < 1.29 is 32.6 Å². The molecule has 2 N–H and O–H groups in total. The SMILES string of the molecule is COc1ccc(/C=N\NC(=O)C[C@H]2CCS(=O)(=O)C2)c(C(=O)O)c1OC. The van der Waals surface area contributed by atoms with Crippen LogP contribution < -0.4 is 14.9 Å². The summed E-state index contributed by atoms with van der Waals surface area (Å²) in [5, 5.41) is 13.2. The predicted octanol–water partition coefficient (Wildman–Crippen LogP) is 0.677. The summed E-state index contributed by atoms with van der Waals surface area (Å²) < 4.78 is 33.0. The van der Waals surface area contributed by atoms with E-state index in [9.17, 15) is 23.1 Å². The van der Waals surface area contributed by atoms with Crippen LogP contribution in [-0.4, -0.2) is 57.3 Å². The molecule has 0 bridgehead atoms. The minimum Gasteiger partial charge on any atom is -0.493 e. The number of hydrazone groups is 1. The molecule has 1 aliphatic heterocycles. The quantitative estimate of drug-likeness (QED) is 0.522. The Morgan fingerprint density at radius 2 is 2.08 bits per heavy atom. The summed E-state index contributed by atoms with van der Waals surface area (Å²) in [4.78, 5) is 23.4. The molecule has 1 aromatic rings. The van der Waals surface area contributed by atoms with Crippen molar-refractivity contribution in [3.63, 3.8) is 0 Å². The van der Waals surface area contributed by atoms with Gasteiger partial charge in [-0.25, -0.2) is 18.6 Å². The van der Waals surface area contributed by atoms with Crippen LogP contribution in [0.25, 0.3) is 0 Å². The van der Waals surface area contributed by atoms with E-state index in [-0.39, 0.29) is 46.5 Å². The average molecular weight is 384 g/mol. The van der Waals surface area contributed by atoms with E-state index in [1.807, 2.05) is 0 Å². The molecular weight excluding hydrogens is 364 g/mol. The lowest BCUT2D eigenvalue weighted by Gasteiger charge is -2.12. The number of nitrogens with zero attached hydrogens (tertiary/aromatic N) is 1. The number of sulfone groups is 1. The lowest BCUT2D eigenvalue weighted by molar-refractivity contribution is -0.121. The van der Waals surface area contributed by atoms with Gasteiger partial charge in [-0.1, -0.05) is 0 Å². The number of methoxy groups -OCH3 is 2. The van der Waals surface area contributed by atoms with Gasteiger partial charge in [0.05, 0.1) is 31.9 Å². The normalized spacial score (nSPS) is 18.6. The Labute approximate surface area is 150 Å². The second-order valence-electron chi connectivity index (χ2n) is 5.84. The lowest BCUT2D eigenvalue weighted by atomic mass is 10.1. The van der Waals surface area contributed by atoms with Gasteiger partial charge in [0.15, 0.2) is 21.3 Å². The molecular formula is C16H20N2O7S. The number of ether oxygens (including phenoxy) is 2. The van der Waals surface area contributed by atoms with Gasteiger partial charge in [0.2, 0.25) is 5.91 Å². The van der Waals surface area contributed by atoms with Crippen LogP contribution in [0.2, 0.25) is 0 Å². The van der Waals surface area contributed by atoms with Crippen molar-refractivity contribution in [1.82, 2.24) is 5.43 Å². The molecule has 0 saturated carbocycles. The van der Waals surface area contributed by atoms with Gasteiger partial charge in [0.25, 0.3) is 0 Å². The summed E-state index contributed by atoms with van der Waals surface area (Å²) >= 11 is 0. The molecule has 0 aliphatic carbocycles. The number of carboxylic acids is 1. The molecule has 1 heterocycles. The third-order valence-corrected chi connectivity index (χ3v) is 5.82.